The predicted molar refractivity (Wildman–Crippen MR) is 57.8 cm³/mol. The summed E-state index contributed by atoms with van der Waals surface area (Å²) >= 11 is 0. The average Bonchev–Trinajstić information content (AvgIpc) is 2.82. The van der Waals surface area contributed by atoms with Crippen LogP contribution in [-0.2, 0) is 4.79 Å². The molecule has 0 spiro atoms. The summed E-state index contributed by atoms with van der Waals surface area (Å²) in [7, 11) is 3.54. The van der Waals surface area contributed by atoms with Gasteiger partial charge in [0.2, 0.25) is 12.7 Å². The van der Waals surface area contributed by atoms with Crippen molar-refractivity contribution >= 4 is 11.6 Å². The van der Waals surface area contributed by atoms with E-state index in [9.17, 15) is 4.79 Å². The lowest BCUT2D eigenvalue weighted by Crippen LogP contribution is -2.30. The maximum atomic E-state index is 11.9. The van der Waals surface area contributed by atoms with E-state index in [0.717, 1.165) is 11.3 Å². The van der Waals surface area contributed by atoms with Crippen LogP contribution < -0.4 is 19.7 Å². The van der Waals surface area contributed by atoms with Gasteiger partial charge in [0, 0.05) is 18.7 Å². The van der Waals surface area contributed by atoms with Crippen molar-refractivity contribution in [3.63, 3.8) is 0 Å². The standard InChI is InChI=1S/C11H12N2O3/c1-12-10-6-3-8-9(16-5-15-8)4-7(6)13(2)11(10)14/h3-4,10,12H,5H2,1-2H3. The quantitative estimate of drug-likeness (QED) is 0.755. The molecule has 0 radical (unpaired) electrons. The Balaban J connectivity index is 2.16. The minimum Gasteiger partial charge on any atom is -0.454 e. The van der Waals surface area contributed by atoms with E-state index in [1.165, 1.54) is 0 Å². The molecule has 1 amide bonds. The maximum absolute atomic E-state index is 11.9. The fraction of sp³-hybridized carbons (Fsp3) is 0.364. The lowest BCUT2D eigenvalue weighted by molar-refractivity contribution is -0.119. The Bertz CT molecular complexity index is 473. The minimum atomic E-state index is -0.283. The molecule has 0 saturated heterocycles. The highest BCUT2D eigenvalue weighted by Crippen LogP contribution is 2.44. The van der Waals surface area contributed by atoms with Crippen LogP contribution in [0.25, 0.3) is 0 Å². The van der Waals surface area contributed by atoms with E-state index in [0.29, 0.717) is 11.5 Å². The van der Waals surface area contributed by atoms with Crippen LogP contribution in [0.5, 0.6) is 11.5 Å². The molecule has 0 aromatic heterocycles. The Kier molecular flexibility index (Phi) is 1.85. The van der Waals surface area contributed by atoms with Crippen LogP contribution in [0.3, 0.4) is 0 Å². The summed E-state index contributed by atoms with van der Waals surface area (Å²) in [5.74, 6) is 1.46. The second kappa shape index (κ2) is 3.12. The van der Waals surface area contributed by atoms with Gasteiger partial charge in [-0.2, -0.15) is 0 Å². The smallest absolute Gasteiger partial charge is 0.248 e. The number of nitrogens with one attached hydrogen (secondary N) is 1. The molecule has 5 nitrogen and oxygen atoms in total. The molecular weight excluding hydrogens is 208 g/mol. The summed E-state index contributed by atoms with van der Waals surface area (Å²) in [6.07, 6.45) is 0. The fourth-order valence-electron chi connectivity index (χ4n) is 2.19. The number of carbonyl (C=O) groups excluding carboxylic acids is 1. The highest BCUT2D eigenvalue weighted by Gasteiger charge is 2.36. The molecule has 16 heavy (non-hydrogen) atoms. The molecule has 1 unspecified atom stereocenters. The molecule has 2 aliphatic rings. The van der Waals surface area contributed by atoms with Crippen molar-refractivity contribution in [2.24, 2.45) is 0 Å². The maximum Gasteiger partial charge on any atom is 0.248 e. The highest BCUT2D eigenvalue weighted by molar-refractivity contribution is 6.04. The Hall–Kier alpha value is -1.75. The normalized spacial score (nSPS) is 21.5. The third kappa shape index (κ3) is 1.06. The van der Waals surface area contributed by atoms with Crippen molar-refractivity contribution in [1.82, 2.24) is 5.32 Å². The van der Waals surface area contributed by atoms with Gasteiger partial charge in [0.15, 0.2) is 11.5 Å². The van der Waals surface area contributed by atoms with Gasteiger partial charge >= 0.3 is 0 Å². The van der Waals surface area contributed by atoms with Crippen molar-refractivity contribution in [3.8, 4) is 11.5 Å². The SMILES string of the molecule is CNC1C(=O)N(C)c2cc3c(cc21)OCO3. The van der Waals surface area contributed by atoms with Gasteiger partial charge in [-0.25, -0.2) is 0 Å². The van der Waals surface area contributed by atoms with Crippen molar-refractivity contribution in [3.05, 3.63) is 17.7 Å². The Morgan fingerprint density at radius 2 is 2.06 bits per heavy atom. The molecule has 0 fully saturated rings. The molecule has 0 saturated carbocycles. The first-order chi connectivity index (χ1) is 7.72. The van der Waals surface area contributed by atoms with Gasteiger partial charge in [0.25, 0.3) is 0 Å². The largest absolute Gasteiger partial charge is 0.454 e. The third-order valence-corrected chi connectivity index (χ3v) is 3.06. The zero-order chi connectivity index (χ0) is 11.3. The molecule has 1 atom stereocenters. The first-order valence-corrected chi connectivity index (χ1v) is 5.10. The Morgan fingerprint density at radius 1 is 1.38 bits per heavy atom. The minimum absolute atomic E-state index is 0.0428. The number of anilines is 1. The lowest BCUT2D eigenvalue weighted by Gasteiger charge is -2.10. The second-order valence-corrected chi connectivity index (χ2v) is 3.88. The Labute approximate surface area is 92.9 Å². The van der Waals surface area contributed by atoms with Crippen LogP contribution in [0.2, 0.25) is 0 Å². The third-order valence-electron chi connectivity index (χ3n) is 3.06. The second-order valence-electron chi connectivity index (χ2n) is 3.88. The van der Waals surface area contributed by atoms with E-state index in [-0.39, 0.29) is 18.7 Å². The van der Waals surface area contributed by atoms with Crippen LogP contribution in [-0.4, -0.2) is 26.8 Å². The van der Waals surface area contributed by atoms with Crippen LogP contribution >= 0.6 is 0 Å². The summed E-state index contributed by atoms with van der Waals surface area (Å²) in [6.45, 7) is 0.250. The summed E-state index contributed by atoms with van der Waals surface area (Å²) in [4.78, 5) is 13.5. The van der Waals surface area contributed by atoms with E-state index >= 15 is 0 Å². The number of hydrogen-bond donors (Lipinski definition) is 1. The lowest BCUT2D eigenvalue weighted by atomic mass is 10.1. The topological polar surface area (TPSA) is 50.8 Å². The molecular formula is C11H12N2O3. The zero-order valence-electron chi connectivity index (χ0n) is 9.11. The van der Waals surface area contributed by atoms with Gasteiger partial charge in [0.05, 0.1) is 5.69 Å². The molecule has 0 bridgehead atoms. The molecule has 2 heterocycles. The molecule has 1 aromatic carbocycles. The van der Waals surface area contributed by atoms with Crippen molar-refractivity contribution in [1.29, 1.82) is 0 Å². The first-order valence-electron chi connectivity index (χ1n) is 5.10. The summed E-state index contributed by atoms with van der Waals surface area (Å²) in [5, 5.41) is 3.00. The van der Waals surface area contributed by atoms with Gasteiger partial charge in [-0.1, -0.05) is 0 Å². The van der Waals surface area contributed by atoms with Crippen LogP contribution in [0.4, 0.5) is 5.69 Å². The fourth-order valence-corrected chi connectivity index (χ4v) is 2.19. The number of carbonyl (C=O) groups is 1. The number of ether oxygens (including phenoxy) is 2. The van der Waals surface area contributed by atoms with Crippen LogP contribution in [0.1, 0.15) is 11.6 Å². The zero-order valence-corrected chi connectivity index (χ0v) is 9.11. The van der Waals surface area contributed by atoms with E-state index in [4.69, 9.17) is 9.47 Å². The molecule has 1 aromatic rings. The van der Waals surface area contributed by atoms with Gasteiger partial charge in [-0.05, 0) is 13.1 Å². The van der Waals surface area contributed by atoms with Gasteiger partial charge < -0.3 is 19.7 Å². The predicted octanol–water partition coefficient (Wildman–Crippen LogP) is 0.652. The van der Waals surface area contributed by atoms with Crippen LogP contribution in [0.15, 0.2) is 12.1 Å². The van der Waals surface area contributed by atoms with E-state index in [1.54, 1.807) is 19.0 Å². The van der Waals surface area contributed by atoms with Gasteiger partial charge in [-0.3, -0.25) is 4.79 Å². The monoisotopic (exact) mass is 220 g/mol. The number of benzene rings is 1. The average molecular weight is 220 g/mol. The molecule has 1 N–H and O–H groups in total. The van der Waals surface area contributed by atoms with Crippen molar-refractivity contribution in [2.45, 2.75) is 6.04 Å². The summed E-state index contributed by atoms with van der Waals surface area (Å²) in [5.41, 5.74) is 1.83. The van der Waals surface area contributed by atoms with E-state index in [2.05, 4.69) is 5.32 Å². The Morgan fingerprint density at radius 3 is 2.75 bits per heavy atom. The first kappa shape index (κ1) is 9.47. The molecule has 2 aliphatic heterocycles. The van der Waals surface area contributed by atoms with Gasteiger partial charge in [0.1, 0.15) is 6.04 Å². The van der Waals surface area contributed by atoms with E-state index < -0.39 is 0 Å². The number of likely N-dealkylation sites (N-methyl/N-ethyl adjacent to an activating group) is 2. The number of amides is 1. The summed E-state index contributed by atoms with van der Waals surface area (Å²) < 4.78 is 10.6. The number of fused-ring (bicyclic) bond motifs is 2. The number of nitrogens with zero attached hydrogens (tertiary/aromatic N) is 1. The van der Waals surface area contributed by atoms with Crippen molar-refractivity contribution < 1.29 is 14.3 Å². The number of rotatable bonds is 1. The molecule has 0 aliphatic carbocycles. The summed E-state index contributed by atoms with van der Waals surface area (Å²) in [6, 6.07) is 3.45. The van der Waals surface area contributed by atoms with Crippen LogP contribution in [0, 0.1) is 0 Å². The van der Waals surface area contributed by atoms with Gasteiger partial charge in [-0.15, -0.1) is 0 Å². The molecule has 3 rings (SSSR count). The molecule has 84 valence electrons. The highest BCUT2D eigenvalue weighted by atomic mass is 16.7. The van der Waals surface area contributed by atoms with E-state index in [1.807, 2.05) is 12.1 Å². The van der Waals surface area contributed by atoms with Crippen molar-refractivity contribution in [2.75, 3.05) is 25.8 Å². The molecule has 5 heteroatoms. The number of hydrogen-bond acceptors (Lipinski definition) is 4.